The molecule has 0 spiro atoms. The molecule has 3 rings (SSSR count). The second kappa shape index (κ2) is 9.02. The molecule has 160 valence electrons. The highest BCUT2D eigenvalue weighted by molar-refractivity contribution is 6.76. The minimum absolute atomic E-state index is 0.152. The van der Waals surface area contributed by atoms with Crippen LogP contribution in [0.15, 0.2) is 41.2 Å². The summed E-state index contributed by atoms with van der Waals surface area (Å²) in [6.07, 6.45) is -0.305. The molecule has 3 aromatic rings. The lowest BCUT2D eigenvalue weighted by Gasteiger charge is -2.18. The molecule has 1 aromatic heterocycles. The first-order chi connectivity index (χ1) is 14.0. The topological polar surface area (TPSA) is 77.3 Å². The summed E-state index contributed by atoms with van der Waals surface area (Å²) in [6.45, 7) is 9.43. The summed E-state index contributed by atoms with van der Waals surface area (Å²) in [5, 5.41) is 1.48. The van der Waals surface area contributed by atoms with Crippen molar-refractivity contribution < 1.29 is 9.47 Å². The van der Waals surface area contributed by atoms with E-state index in [0.29, 0.717) is 44.9 Å². The van der Waals surface area contributed by atoms with Gasteiger partial charge in [-0.05, 0) is 49.4 Å². The van der Waals surface area contributed by atoms with E-state index in [-0.39, 0.29) is 11.7 Å². The van der Waals surface area contributed by atoms with Crippen LogP contribution < -0.4 is 16.0 Å². The summed E-state index contributed by atoms with van der Waals surface area (Å²) in [7, 11) is -1.20. The molecule has 0 saturated heterocycles. The van der Waals surface area contributed by atoms with Crippen LogP contribution in [0.4, 0.5) is 5.69 Å². The first-order valence-corrected chi connectivity index (χ1v) is 14.2. The first kappa shape index (κ1) is 22.7. The van der Waals surface area contributed by atoms with E-state index in [4.69, 9.17) is 38.4 Å². The van der Waals surface area contributed by atoms with Gasteiger partial charge in [0, 0.05) is 36.8 Å². The van der Waals surface area contributed by atoms with Gasteiger partial charge in [0.15, 0.2) is 5.75 Å². The Labute approximate surface area is 187 Å². The van der Waals surface area contributed by atoms with Gasteiger partial charge in [-0.15, -0.1) is 0 Å². The number of anilines is 1. The van der Waals surface area contributed by atoms with Crippen molar-refractivity contribution in [1.29, 1.82) is 0 Å². The average Bonchev–Trinajstić information content (AvgIpc) is 2.63. The fourth-order valence-electron chi connectivity index (χ4n) is 2.99. The van der Waals surface area contributed by atoms with Crippen molar-refractivity contribution in [3.63, 3.8) is 0 Å². The molecule has 0 saturated carbocycles. The second-order valence-electron chi connectivity index (χ2n) is 8.54. The minimum Gasteiger partial charge on any atom is -0.454 e. The molecule has 0 aliphatic rings. The number of benzene rings is 2. The molecule has 0 radical (unpaired) electrons. The van der Waals surface area contributed by atoms with Gasteiger partial charge in [-0.25, -0.2) is 0 Å². The van der Waals surface area contributed by atoms with E-state index >= 15 is 0 Å². The Morgan fingerprint density at radius 1 is 1.10 bits per heavy atom. The SMILES string of the molecule is CC(OCC[Si](C)(C)C)c1cc2cc(Oc3c(Cl)cc(N)cc3Cl)ccc2[nH]c1=O. The van der Waals surface area contributed by atoms with Gasteiger partial charge >= 0.3 is 0 Å². The summed E-state index contributed by atoms with van der Waals surface area (Å²) >= 11 is 12.4. The molecule has 1 atom stereocenters. The number of nitrogens with one attached hydrogen (secondary N) is 1. The molecule has 0 aliphatic carbocycles. The van der Waals surface area contributed by atoms with Crippen molar-refractivity contribution in [3.8, 4) is 11.5 Å². The summed E-state index contributed by atoms with van der Waals surface area (Å²) in [5.74, 6) is 0.876. The number of hydrogen-bond acceptors (Lipinski definition) is 4. The summed E-state index contributed by atoms with van der Waals surface area (Å²) < 4.78 is 11.8. The quantitative estimate of drug-likeness (QED) is 0.303. The Kier molecular flexibility index (Phi) is 6.82. The third-order valence-electron chi connectivity index (χ3n) is 4.74. The summed E-state index contributed by atoms with van der Waals surface area (Å²) in [6, 6.07) is 11.4. The highest BCUT2D eigenvalue weighted by Gasteiger charge is 2.17. The molecular formula is C22H26Cl2N2O3Si. The van der Waals surface area contributed by atoms with Gasteiger partial charge in [0.25, 0.3) is 5.56 Å². The lowest BCUT2D eigenvalue weighted by atomic mass is 10.1. The van der Waals surface area contributed by atoms with Gasteiger partial charge in [0.2, 0.25) is 0 Å². The lowest BCUT2D eigenvalue weighted by Crippen LogP contribution is -2.23. The Morgan fingerprint density at radius 2 is 1.77 bits per heavy atom. The van der Waals surface area contributed by atoms with Crippen LogP contribution in [-0.2, 0) is 4.74 Å². The Morgan fingerprint density at radius 3 is 2.40 bits per heavy atom. The van der Waals surface area contributed by atoms with Crippen LogP contribution in [0, 0.1) is 0 Å². The van der Waals surface area contributed by atoms with E-state index in [1.807, 2.05) is 19.1 Å². The number of ether oxygens (including phenoxy) is 2. The molecule has 1 unspecified atom stereocenters. The fraction of sp³-hybridized carbons (Fsp3) is 0.318. The van der Waals surface area contributed by atoms with Crippen LogP contribution in [0.25, 0.3) is 10.9 Å². The number of aromatic amines is 1. The number of aromatic nitrogens is 1. The highest BCUT2D eigenvalue weighted by atomic mass is 35.5. The maximum Gasteiger partial charge on any atom is 0.254 e. The summed E-state index contributed by atoms with van der Waals surface area (Å²) in [5.41, 5.74) is 7.34. The van der Waals surface area contributed by atoms with Crippen molar-refractivity contribution in [3.05, 3.63) is 62.4 Å². The number of rotatable bonds is 7. The van der Waals surface area contributed by atoms with E-state index in [1.54, 1.807) is 24.3 Å². The monoisotopic (exact) mass is 464 g/mol. The van der Waals surface area contributed by atoms with Crippen molar-refractivity contribution in [1.82, 2.24) is 4.98 Å². The van der Waals surface area contributed by atoms with Crippen LogP contribution in [0.2, 0.25) is 35.7 Å². The number of halogens is 2. The molecule has 2 aromatic carbocycles. The van der Waals surface area contributed by atoms with Crippen LogP contribution in [0.5, 0.6) is 11.5 Å². The average molecular weight is 465 g/mol. The molecule has 0 fully saturated rings. The highest BCUT2D eigenvalue weighted by Crippen LogP contribution is 2.38. The lowest BCUT2D eigenvalue weighted by molar-refractivity contribution is 0.0749. The number of nitrogen functional groups attached to an aromatic ring is 1. The van der Waals surface area contributed by atoms with Crippen molar-refractivity contribution in [2.24, 2.45) is 0 Å². The molecule has 3 N–H and O–H groups in total. The van der Waals surface area contributed by atoms with Crippen molar-refractivity contribution in [2.75, 3.05) is 12.3 Å². The minimum atomic E-state index is -1.20. The molecule has 30 heavy (non-hydrogen) atoms. The number of fused-ring (bicyclic) bond motifs is 1. The fourth-order valence-corrected chi connectivity index (χ4v) is 4.30. The summed E-state index contributed by atoms with van der Waals surface area (Å²) in [4.78, 5) is 15.4. The standard InChI is InChI=1S/C22H26Cl2N2O3Si/c1-13(28-7-8-30(2,3)4)17-10-14-9-16(5-6-20(14)26-22(17)27)29-21-18(23)11-15(25)12-19(21)24/h5-6,9-13H,7-8,25H2,1-4H3,(H,26,27). The van der Waals surface area contributed by atoms with Crippen LogP contribution in [-0.4, -0.2) is 19.7 Å². The van der Waals surface area contributed by atoms with Gasteiger partial charge < -0.3 is 20.2 Å². The molecule has 5 nitrogen and oxygen atoms in total. The Hall–Kier alpha value is -1.99. The van der Waals surface area contributed by atoms with Crippen LogP contribution >= 0.6 is 23.2 Å². The van der Waals surface area contributed by atoms with E-state index in [2.05, 4.69) is 24.6 Å². The predicted molar refractivity (Wildman–Crippen MR) is 128 cm³/mol. The zero-order chi connectivity index (χ0) is 22.1. The Balaban J connectivity index is 1.87. The molecule has 0 aliphatic heterocycles. The predicted octanol–water partition coefficient (Wildman–Crippen LogP) is 6.63. The zero-order valence-electron chi connectivity index (χ0n) is 17.5. The molecule has 0 bridgehead atoms. The van der Waals surface area contributed by atoms with Gasteiger partial charge in [-0.1, -0.05) is 42.8 Å². The molecule has 8 heteroatoms. The zero-order valence-corrected chi connectivity index (χ0v) is 20.0. The largest absolute Gasteiger partial charge is 0.454 e. The maximum absolute atomic E-state index is 12.5. The molecular weight excluding hydrogens is 439 g/mol. The van der Waals surface area contributed by atoms with Crippen molar-refractivity contribution >= 4 is 47.9 Å². The Bertz CT molecular complexity index is 1100. The number of hydrogen-bond donors (Lipinski definition) is 2. The molecule has 0 amide bonds. The second-order valence-corrected chi connectivity index (χ2v) is 15.0. The first-order valence-electron chi connectivity index (χ1n) is 9.74. The molecule has 1 heterocycles. The van der Waals surface area contributed by atoms with E-state index < -0.39 is 8.07 Å². The van der Waals surface area contributed by atoms with Gasteiger partial charge in [-0.3, -0.25) is 4.79 Å². The van der Waals surface area contributed by atoms with Gasteiger partial charge in [-0.2, -0.15) is 0 Å². The van der Waals surface area contributed by atoms with Gasteiger partial charge in [0.1, 0.15) is 5.75 Å². The van der Waals surface area contributed by atoms with E-state index in [0.717, 1.165) is 11.4 Å². The van der Waals surface area contributed by atoms with Crippen molar-refractivity contribution in [2.45, 2.75) is 38.7 Å². The number of nitrogens with two attached hydrogens (primary N) is 1. The van der Waals surface area contributed by atoms with Gasteiger partial charge in [0.05, 0.1) is 16.1 Å². The number of pyridine rings is 1. The normalized spacial score (nSPS) is 12.9. The third-order valence-corrected chi connectivity index (χ3v) is 7.01. The smallest absolute Gasteiger partial charge is 0.254 e. The third kappa shape index (κ3) is 5.58. The maximum atomic E-state index is 12.5. The van der Waals surface area contributed by atoms with E-state index in [9.17, 15) is 4.79 Å². The number of H-pyrrole nitrogens is 1. The van der Waals surface area contributed by atoms with E-state index in [1.165, 1.54) is 0 Å². The van der Waals surface area contributed by atoms with Crippen LogP contribution in [0.3, 0.4) is 0 Å². The van der Waals surface area contributed by atoms with Crippen LogP contribution in [0.1, 0.15) is 18.6 Å².